The molecule has 0 amide bonds. The lowest BCUT2D eigenvalue weighted by Crippen LogP contribution is -2.33. The molecule has 0 unspecified atom stereocenters. The van der Waals surface area contributed by atoms with Crippen molar-refractivity contribution in [2.24, 2.45) is 0 Å². The third-order valence-corrected chi connectivity index (χ3v) is 16.0. The summed E-state index contributed by atoms with van der Waals surface area (Å²) in [6, 6.07) is 42.8. The van der Waals surface area contributed by atoms with E-state index in [-0.39, 0.29) is 21.7 Å². The van der Waals surface area contributed by atoms with Gasteiger partial charge in [-0.3, -0.25) is 0 Å². The summed E-state index contributed by atoms with van der Waals surface area (Å²) in [6.07, 6.45) is 12.9. The first kappa shape index (κ1) is 41.6. The Bertz CT molecular complexity index is 2850. The van der Waals surface area contributed by atoms with E-state index in [9.17, 15) is 0 Å². The first-order chi connectivity index (χ1) is 30.0. The summed E-state index contributed by atoms with van der Waals surface area (Å²) in [4.78, 5) is 2.61. The van der Waals surface area contributed by atoms with E-state index in [4.69, 9.17) is 0 Å². The summed E-state index contributed by atoms with van der Waals surface area (Å²) in [5.74, 6) is 0. The Hall–Kier alpha value is -5.40. The van der Waals surface area contributed by atoms with Crippen molar-refractivity contribution >= 4 is 22.6 Å². The molecule has 10 rings (SSSR count). The molecule has 1 heterocycles. The Morgan fingerprint density at radius 3 is 1.71 bits per heavy atom. The van der Waals surface area contributed by atoms with Gasteiger partial charge < -0.3 is 4.90 Å². The van der Waals surface area contributed by atoms with E-state index in [1.807, 2.05) is 0 Å². The van der Waals surface area contributed by atoms with Gasteiger partial charge in [0.1, 0.15) is 0 Å². The van der Waals surface area contributed by atoms with E-state index < -0.39 is 0 Å². The lowest BCUT2D eigenvalue weighted by atomic mass is 9.63. The van der Waals surface area contributed by atoms with Crippen molar-refractivity contribution in [2.75, 3.05) is 4.90 Å². The Kier molecular flexibility index (Phi) is 9.80. The summed E-state index contributed by atoms with van der Waals surface area (Å²) >= 11 is 0. The fourth-order valence-corrected chi connectivity index (χ4v) is 11.8. The molecule has 0 bridgehead atoms. The molecule has 6 aromatic rings. The van der Waals surface area contributed by atoms with Crippen LogP contribution in [0.5, 0.6) is 0 Å². The van der Waals surface area contributed by atoms with Crippen LogP contribution in [0.2, 0.25) is 0 Å². The number of rotatable bonds is 7. The fraction of sp³-hybridized carbons (Fsp3) is 0.355. The van der Waals surface area contributed by atoms with Crippen molar-refractivity contribution in [3.8, 4) is 44.5 Å². The highest BCUT2D eigenvalue weighted by Gasteiger charge is 2.44. The molecular formula is C62H67N. The minimum absolute atomic E-state index is 0.0847. The highest BCUT2D eigenvalue weighted by molar-refractivity contribution is 6.10. The Morgan fingerprint density at radius 2 is 1.06 bits per heavy atom. The maximum Gasteiger partial charge on any atom is 0.0706 e. The maximum absolute atomic E-state index is 2.61. The molecule has 0 fully saturated rings. The summed E-state index contributed by atoms with van der Waals surface area (Å²) in [5.41, 5.74) is 27.9. The third kappa shape index (κ3) is 6.97. The molecule has 3 aliphatic carbocycles. The molecule has 63 heavy (non-hydrogen) atoms. The first-order valence-corrected chi connectivity index (χ1v) is 24.0. The van der Waals surface area contributed by atoms with Crippen LogP contribution in [0.4, 0.5) is 17.1 Å². The van der Waals surface area contributed by atoms with Crippen LogP contribution in [0.15, 0.2) is 127 Å². The molecule has 1 aliphatic heterocycles. The molecule has 0 N–H and O–H groups in total. The van der Waals surface area contributed by atoms with Crippen LogP contribution in [-0.4, -0.2) is 0 Å². The molecule has 0 aromatic heterocycles. The largest absolute Gasteiger partial charge is 0.306 e. The van der Waals surface area contributed by atoms with Crippen molar-refractivity contribution < 1.29 is 0 Å². The van der Waals surface area contributed by atoms with Crippen LogP contribution in [0, 0.1) is 13.8 Å². The minimum atomic E-state index is 0.0847. The van der Waals surface area contributed by atoms with Gasteiger partial charge in [-0.2, -0.15) is 0 Å². The molecule has 320 valence electrons. The molecule has 0 saturated heterocycles. The lowest BCUT2D eigenvalue weighted by molar-refractivity contribution is 0.332. The van der Waals surface area contributed by atoms with Gasteiger partial charge in [-0.25, -0.2) is 0 Å². The minimum Gasteiger partial charge on any atom is -0.306 e. The normalized spacial score (nSPS) is 18.7. The zero-order valence-electron chi connectivity index (χ0n) is 39.9. The second-order valence-electron chi connectivity index (χ2n) is 22.2. The molecule has 4 aliphatic rings. The van der Waals surface area contributed by atoms with Gasteiger partial charge in [-0.15, -0.1) is 0 Å². The number of hydrogen-bond acceptors (Lipinski definition) is 1. The van der Waals surface area contributed by atoms with E-state index in [1.54, 1.807) is 5.57 Å². The van der Waals surface area contributed by atoms with E-state index in [0.717, 1.165) is 19.3 Å². The third-order valence-electron chi connectivity index (χ3n) is 16.0. The van der Waals surface area contributed by atoms with Crippen LogP contribution in [-0.2, 0) is 21.7 Å². The predicted octanol–water partition coefficient (Wildman–Crippen LogP) is 18.0. The van der Waals surface area contributed by atoms with Gasteiger partial charge >= 0.3 is 0 Å². The first-order valence-electron chi connectivity index (χ1n) is 24.0. The summed E-state index contributed by atoms with van der Waals surface area (Å²) < 4.78 is 0. The van der Waals surface area contributed by atoms with Crippen molar-refractivity contribution in [1.82, 2.24) is 0 Å². The molecule has 0 radical (unpaired) electrons. The SMILES string of the molecule is CCC1=C(c2c(C)ccc(-c3cc(C)cc(N4c5cc6c(cc54)C(C)(C)CCC6(C)C)c3-c3ccc4c(c3)C(C)(C)CCC4(C)C)c2-c2cccc(-c3ccccc3)c2)C=CCC1. The Labute approximate surface area is 379 Å². The van der Waals surface area contributed by atoms with Gasteiger partial charge in [0.05, 0.1) is 17.1 Å². The van der Waals surface area contributed by atoms with Crippen LogP contribution < -0.4 is 4.90 Å². The average molecular weight is 826 g/mol. The van der Waals surface area contributed by atoms with Crippen LogP contribution in [0.3, 0.4) is 0 Å². The van der Waals surface area contributed by atoms with Gasteiger partial charge in [0, 0.05) is 5.56 Å². The summed E-state index contributed by atoms with van der Waals surface area (Å²) in [7, 11) is 0. The van der Waals surface area contributed by atoms with Gasteiger partial charge in [0.15, 0.2) is 0 Å². The van der Waals surface area contributed by atoms with Gasteiger partial charge in [-0.05, 0) is 188 Å². The number of anilines is 3. The average Bonchev–Trinajstić information content (AvgIpc) is 3.99. The molecule has 0 atom stereocenters. The van der Waals surface area contributed by atoms with E-state index in [0.29, 0.717) is 0 Å². The number of allylic oxidation sites excluding steroid dienone is 4. The molecule has 6 aromatic carbocycles. The number of aryl methyl sites for hydroxylation is 2. The molecule has 0 spiro atoms. The quantitative estimate of drug-likeness (QED) is 0.145. The van der Waals surface area contributed by atoms with Crippen LogP contribution >= 0.6 is 0 Å². The predicted molar refractivity (Wildman–Crippen MR) is 272 cm³/mol. The molecule has 1 nitrogen and oxygen atoms in total. The van der Waals surface area contributed by atoms with E-state index in [2.05, 4.69) is 202 Å². The number of nitrogens with zero attached hydrogens (tertiary/aromatic N) is 1. The number of fused-ring (bicyclic) bond motifs is 3. The second kappa shape index (κ2) is 14.8. The highest BCUT2D eigenvalue weighted by Crippen LogP contribution is 2.62. The molecular weight excluding hydrogens is 759 g/mol. The van der Waals surface area contributed by atoms with Gasteiger partial charge in [-0.1, -0.05) is 165 Å². The van der Waals surface area contributed by atoms with Gasteiger partial charge in [0.2, 0.25) is 0 Å². The van der Waals surface area contributed by atoms with Crippen molar-refractivity contribution in [3.63, 3.8) is 0 Å². The smallest absolute Gasteiger partial charge is 0.0706 e. The topological polar surface area (TPSA) is 3.01 Å². The highest BCUT2D eigenvalue weighted by atomic mass is 15.3. The lowest BCUT2D eigenvalue weighted by Gasteiger charge is -2.42. The summed E-state index contributed by atoms with van der Waals surface area (Å²) in [6.45, 7) is 26.6. The Morgan fingerprint density at radius 1 is 0.476 bits per heavy atom. The van der Waals surface area contributed by atoms with E-state index >= 15 is 0 Å². The second-order valence-corrected chi connectivity index (χ2v) is 22.2. The molecule has 0 saturated carbocycles. The fourth-order valence-electron chi connectivity index (χ4n) is 11.8. The number of benzene rings is 6. The maximum atomic E-state index is 2.61. The van der Waals surface area contributed by atoms with Crippen molar-refractivity contribution in [2.45, 2.75) is 143 Å². The Balaban J connectivity index is 1.29. The molecule has 1 heteroatoms. The van der Waals surface area contributed by atoms with Crippen LogP contribution in [0.25, 0.3) is 50.1 Å². The number of hydrogen-bond donors (Lipinski definition) is 0. The van der Waals surface area contributed by atoms with Gasteiger partial charge in [0.25, 0.3) is 0 Å². The zero-order chi connectivity index (χ0) is 44.2. The summed E-state index contributed by atoms with van der Waals surface area (Å²) in [5, 5.41) is 0. The monoisotopic (exact) mass is 826 g/mol. The van der Waals surface area contributed by atoms with Crippen LogP contribution in [0.1, 0.15) is 146 Å². The van der Waals surface area contributed by atoms with Crippen molar-refractivity contribution in [1.29, 1.82) is 0 Å². The van der Waals surface area contributed by atoms with E-state index in [1.165, 1.54) is 132 Å². The van der Waals surface area contributed by atoms with Crippen molar-refractivity contribution in [3.05, 3.63) is 166 Å². The zero-order valence-corrected chi connectivity index (χ0v) is 39.9. The standard InChI is InChI=1S/C62H67N/c1-12-41-19-16-17-24-46(41)56-40(3)25-27-47(58(56)44-23-18-22-43(35-44)42-20-14-13-15-21-42)48-33-39(2)34-55(57(48)45-26-28-49-50(36-45)60(6,7)30-29-59(49,4)5)63-53-37-51-52(38-54(53)63)62(10,11)32-31-61(51,8)9/h13-15,17-18,20-28,33-38H,12,16,19,29-32H2,1-11H3.